The zero-order valence-corrected chi connectivity index (χ0v) is 6.13. The van der Waals surface area contributed by atoms with Gasteiger partial charge in [-0.15, -0.1) is 0 Å². The summed E-state index contributed by atoms with van der Waals surface area (Å²) in [6, 6.07) is 7.12. The summed E-state index contributed by atoms with van der Waals surface area (Å²) in [4.78, 5) is 3.22. The van der Waals surface area contributed by atoms with Gasteiger partial charge in [0.15, 0.2) is 5.69 Å². The smallest absolute Gasteiger partial charge is 0.188 e. The van der Waals surface area contributed by atoms with E-state index in [2.05, 4.69) is 4.85 Å². The van der Waals surface area contributed by atoms with Gasteiger partial charge in [0.2, 0.25) is 0 Å². The molecule has 0 unspecified atom stereocenters. The largest absolute Gasteiger partial charge is 0.238 e. The molecule has 1 aromatic rings. The van der Waals surface area contributed by atoms with Crippen molar-refractivity contribution in [1.82, 2.24) is 0 Å². The first kappa shape index (κ1) is 7.31. The van der Waals surface area contributed by atoms with Crippen molar-refractivity contribution < 1.29 is 0 Å². The fraction of sp³-hybridized carbons (Fsp3) is 0.111. The molecule has 0 atom stereocenters. The van der Waals surface area contributed by atoms with Gasteiger partial charge in [-0.05, 0) is 18.6 Å². The maximum absolute atomic E-state index is 8.59. The standard InChI is InChI=1S/C9H6N2/c1-7-3-4-9(11-2)5-8(7)6-10/h3-5H,1H3. The third-order valence-electron chi connectivity index (χ3n) is 1.47. The highest BCUT2D eigenvalue weighted by Gasteiger charge is 1.96. The van der Waals surface area contributed by atoms with Crippen molar-refractivity contribution in [1.29, 1.82) is 5.26 Å². The molecule has 0 aliphatic rings. The fourth-order valence-electron chi connectivity index (χ4n) is 0.800. The molecule has 1 aromatic carbocycles. The van der Waals surface area contributed by atoms with Crippen molar-refractivity contribution in [2.24, 2.45) is 0 Å². The Labute approximate surface area is 65.5 Å². The van der Waals surface area contributed by atoms with Crippen molar-refractivity contribution in [2.75, 3.05) is 0 Å². The number of nitriles is 1. The molecule has 0 aliphatic carbocycles. The minimum atomic E-state index is 0.521. The van der Waals surface area contributed by atoms with E-state index in [1.165, 1.54) is 0 Å². The van der Waals surface area contributed by atoms with Crippen molar-refractivity contribution in [3.05, 3.63) is 40.7 Å². The van der Waals surface area contributed by atoms with E-state index in [1.807, 2.05) is 13.0 Å². The summed E-state index contributed by atoms with van der Waals surface area (Å²) in [5.41, 5.74) is 2.02. The third-order valence-corrected chi connectivity index (χ3v) is 1.47. The number of aryl methyl sites for hydroxylation is 1. The molecule has 0 N–H and O–H groups in total. The van der Waals surface area contributed by atoms with E-state index < -0.39 is 0 Å². The predicted molar refractivity (Wildman–Crippen MR) is 42.2 cm³/mol. The van der Waals surface area contributed by atoms with Crippen LogP contribution in [0.2, 0.25) is 0 Å². The Morgan fingerprint density at radius 1 is 1.55 bits per heavy atom. The van der Waals surface area contributed by atoms with E-state index in [0.717, 1.165) is 5.56 Å². The second-order valence-electron chi connectivity index (χ2n) is 2.22. The summed E-state index contributed by atoms with van der Waals surface area (Å²) in [7, 11) is 0. The van der Waals surface area contributed by atoms with Gasteiger partial charge in [0.05, 0.1) is 12.6 Å². The number of hydrogen-bond donors (Lipinski definition) is 0. The lowest BCUT2D eigenvalue weighted by Crippen LogP contribution is -1.78. The molecule has 11 heavy (non-hydrogen) atoms. The quantitative estimate of drug-likeness (QED) is 0.511. The third kappa shape index (κ3) is 1.36. The first-order chi connectivity index (χ1) is 5.27. The van der Waals surface area contributed by atoms with Gasteiger partial charge in [-0.2, -0.15) is 5.26 Å². The number of hydrogen-bond acceptors (Lipinski definition) is 1. The SMILES string of the molecule is [C-]#[N+]c1ccc(C)c(C#N)c1. The number of benzene rings is 1. The highest BCUT2D eigenvalue weighted by molar-refractivity contribution is 5.52. The molecule has 0 spiro atoms. The van der Waals surface area contributed by atoms with Crippen LogP contribution in [0.15, 0.2) is 18.2 Å². The maximum Gasteiger partial charge on any atom is 0.188 e. The van der Waals surface area contributed by atoms with E-state index in [9.17, 15) is 0 Å². The molecule has 0 bridgehead atoms. The summed E-state index contributed by atoms with van der Waals surface area (Å²) in [5, 5.41) is 8.59. The van der Waals surface area contributed by atoms with Crippen LogP contribution in [0.25, 0.3) is 4.85 Å². The predicted octanol–water partition coefficient (Wildman–Crippen LogP) is 2.42. The summed E-state index contributed by atoms with van der Waals surface area (Å²) < 4.78 is 0. The first-order valence-electron chi connectivity index (χ1n) is 3.16. The van der Waals surface area contributed by atoms with E-state index in [0.29, 0.717) is 11.3 Å². The summed E-state index contributed by atoms with van der Waals surface area (Å²) in [6.07, 6.45) is 0. The van der Waals surface area contributed by atoms with Gasteiger partial charge in [0.1, 0.15) is 0 Å². The minimum Gasteiger partial charge on any atom is -0.238 e. The van der Waals surface area contributed by atoms with Crippen molar-refractivity contribution in [2.45, 2.75) is 6.92 Å². The Hall–Kier alpha value is -1.80. The minimum absolute atomic E-state index is 0.521. The van der Waals surface area contributed by atoms with Gasteiger partial charge in [-0.1, -0.05) is 12.1 Å². The summed E-state index contributed by atoms with van der Waals surface area (Å²) in [5.74, 6) is 0. The van der Waals surface area contributed by atoms with E-state index in [4.69, 9.17) is 11.8 Å². The molecule has 0 saturated heterocycles. The Balaban J connectivity index is 3.29. The van der Waals surface area contributed by atoms with Gasteiger partial charge >= 0.3 is 0 Å². The lowest BCUT2D eigenvalue weighted by molar-refractivity contribution is 1.40. The lowest BCUT2D eigenvalue weighted by atomic mass is 10.1. The zero-order valence-electron chi connectivity index (χ0n) is 6.13. The molecule has 0 aliphatic heterocycles. The Bertz CT molecular complexity index is 353. The van der Waals surface area contributed by atoms with Crippen LogP contribution in [0.3, 0.4) is 0 Å². The van der Waals surface area contributed by atoms with E-state index >= 15 is 0 Å². The molecule has 2 heteroatoms. The van der Waals surface area contributed by atoms with Crippen molar-refractivity contribution >= 4 is 5.69 Å². The van der Waals surface area contributed by atoms with Crippen LogP contribution in [0.4, 0.5) is 5.69 Å². The topological polar surface area (TPSA) is 28.1 Å². The Kier molecular flexibility index (Phi) is 1.90. The normalized spacial score (nSPS) is 8.27. The molecule has 0 saturated carbocycles. The van der Waals surface area contributed by atoms with Crippen molar-refractivity contribution in [3.63, 3.8) is 0 Å². The molecular formula is C9H6N2. The average molecular weight is 142 g/mol. The van der Waals surface area contributed by atoms with Crippen LogP contribution >= 0.6 is 0 Å². The Morgan fingerprint density at radius 2 is 2.27 bits per heavy atom. The number of nitrogens with zero attached hydrogens (tertiary/aromatic N) is 2. The molecule has 52 valence electrons. The van der Waals surface area contributed by atoms with E-state index in [-0.39, 0.29) is 0 Å². The van der Waals surface area contributed by atoms with Crippen molar-refractivity contribution in [3.8, 4) is 6.07 Å². The van der Waals surface area contributed by atoms with Crippen LogP contribution in [-0.4, -0.2) is 0 Å². The monoisotopic (exact) mass is 142 g/mol. The van der Waals surface area contributed by atoms with E-state index in [1.54, 1.807) is 18.2 Å². The molecule has 2 nitrogen and oxygen atoms in total. The van der Waals surface area contributed by atoms with Gasteiger partial charge in [0.25, 0.3) is 0 Å². The summed E-state index contributed by atoms with van der Waals surface area (Å²) >= 11 is 0. The van der Waals surface area contributed by atoms with Gasteiger partial charge < -0.3 is 0 Å². The molecule has 0 fully saturated rings. The molecule has 0 heterocycles. The van der Waals surface area contributed by atoms with Crippen LogP contribution in [0.5, 0.6) is 0 Å². The maximum atomic E-state index is 8.59. The highest BCUT2D eigenvalue weighted by atomic mass is 14.6. The molecular weight excluding hydrogens is 136 g/mol. The van der Waals surface area contributed by atoms with Gasteiger partial charge in [-0.3, -0.25) is 0 Å². The first-order valence-corrected chi connectivity index (χ1v) is 3.16. The number of rotatable bonds is 0. The molecule has 0 aromatic heterocycles. The Morgan fingerprint density at radius 3 is 2.82 bits per heavy atom. The molecule has 0 radical (unpaired) electrons. The average Bonchev–Trinajstić information content (AvgIpc) is 2.05. The second kappa shape index (κ2) is 2.86. The summed E-state index contributed by atoms with van der Waals surface area (Å²) in [6.45, 7) is 8.56. The second-order valence-corrected chi connectivity index (χ2v) is 2.22. The van der Waals surface area contributed by atoms with Crippen LogP contribution in [0.1, 0.15) is 11.1 Å². The molecule has 1 rings (SSSR count). The van der Waals surface area contributed by atoms with Crippen LogP contribution < -0.4 is 0 Å². The zero-order chi connectivity index (χ0) is 8.27. The fourth-order valence-corrected chi connectivity index (χ4v) is 0.800. The highest BCUT2D eigenvalue weighted by Crippen LogP contribution is 2.16. The molecule has 0 amide bonds. The van der Waals surface area contributed by atoms with Gasteiger partial charge in [-0.25, -0.2) is 4.85 Å². The lowest BCUT2D eigenvalue weighted by Gasteiger charge is -1.94. The van der Waals surface area contributed by atoms with Crippen LogP contribution in [0, 0.1) is 24.8 Å². The van der Waals surface area contributed by atoms with Gasteiger partial charge in [0, 0.05) is 5.56 Å². The van der Waals surface area contributed by atoms with Crippen LogP contribution in [-0.2, 0) is 0 Å².